The summed E-state index contributed by atoms with van der Waals surface area (Å²) in [5.74, 6) is 0.796. The van der Waals surface area contributed by atoms with Crippen molar-refractivity contribution in [3.63, 3.8) is 0 Å². The standard InChI is InChI=1S/C14H21IO4/c1-3-18-14(17)13-9-4-6-11(15)12(19-8(2)16)7-5-10(9)13/h9-13H,3-7H2,1-2H3/t9-,10+,11-,12-,13-/m1/s1. The number of halogens is 1. The number of rotatable bonds is 3. The van der Waals surface area contributed by atoms with Crippen LogP contribution in [0, 0.1) is 17.8 Å². The van der Waals surface area contributed by atoms with Gasteiger partial charge in [-0.25, -0.2) is 0 Å². The fraction of sp³-hybridized carbons (Fsp3) is 0.857. The highest BCUT2D eigenvalue weighted by Crippen LogP contribution is 2.54. The summed E-state index contributed by atoms with van der Waals surface area (Å²) < 4.78 is 10.9. The molecule has 0 unspecified atom stereocenters. The van der Waals surface area contributed by atoms with Gasteiger partial charge in [0.15, 0.2) is 0 Å². The van der Waals surface area contributed by atoms with Crippen molar-refractivity contribution >= 4 is 34.5 Å². The van der Waals surface area contributed by atoms with E-state index in [1.165, 1.54) is 6.92 Å². The van der Waals surface area contributed by atoms with E-state index in [9.17, 15) is 9.59 Å². The van der Waals surface area contributed by atoms with Crippen LogP contribution in [0.2, 0.25) is 0 Å². The Morgan fingerprint density at radius 3 is 2.37 bits per heavy atom. The third-order valence-electron chi connectivity index (χ3n) is 4.17. The van der Waals surface area contributed by atoms with E-state index < -0.39 is 0 Å². The lowest BCUT2D eigenvalue weighted by atomic mass is 9.98. The zero-order valence-electron chi connectivity index (χ0n) is 11.4. The predicted octanol–water partition coefficient (Wildman–Crippen LogP) is 2.72. The maximum absolute atomic E-state index is 11.8. The fourth-order valence-electron chi connectivity index (χ4n) is 3.24. The number of ether oxygens (including phenoxy) is 2. The molecule has 2 aliphatic rings. The van der Waals surface area contributed by atoms with Gasteiger partial charge in [0, 0.05) is 10.8 Å². The van der Waals surface area contributed by atoms with Gasteiger partial charge in [0.25, 0.3) is 0 Å². The molecule has 4 nitrogen and oxygen atoms in total. The Morgan fingerprint density at radius 1 is 1.16 bits per heavy atom. The smallest absolute Gasteiger partial charge is 0.309 e. The summed E-state index contributed by atoms with van der Waals surface area (Å²) in [5.41, 5.74) is 0. The van der Waals surface area contributed by atoms with Crippen LogP contribution in [0.4, 0.5) is 0 Å². The van der Waals surface area contributed by atoms with Crippen LogP contribution >= 0.6 is 22.6 Å². The van der Waals surface area contributed by atoms with Gasteiger partial charge in [0.05, 0.1) is 12.5 Å². The van der Waals surface area contributed by atoms with Crippen LogP contribution in [0.15, 0.2) is 0 Å². The first-order chi connectivity index (χ1) is 9.04. The van der Waals surface area contributed by atoms with Crippen molar-refractivity contribution in [3.8, 4) is 0 Å². The van der Waals surface area contributed by atoms with Gasteiger partial charge < -0.3 is 9.47 Å². The van der Waals surface area contributed by atoms with Crippen LogP contribution in [0.1, 0.15) is 39.5 Å². The number of hydrogen-bond donors (Lipinski definition) is 0. The average molecular weight is 380 g/mol. The largest absolute Gasteiger partial charge is 0.466 e. The lowest BCUT2D eigenvalue weighted by Crippen LogP contribution is -2.27. The molecule has 5 atom stereocenters. The Morgan fingerprint density at radius 2 is 1.79 bits per heavy atom. The molecule has 2 aliphatic carbocycles. The van der Waals surface area contributed by atoms with Gasteiger partial charge in [-0.05, 0) is 44.4 Å². The Bertz CT molecular complexity index is 357. The average Bonchev–Trinajstić information content (AvgIpc) is 3.02. The summed E-state index contributed by atoms with van der Waals surface area (Å²) in [6, 6.07) is 0. The predicted molar refractivity (Wildman–Crippen MR) is 78.9 cm³/mol. The lowest BCUT2D eigenvalue weighted by Gasteiger charge is -2.24. The number of fused-ring (bicyclic) bond motifs is 1. The third kappa shape index (κ3) is 3.61. The molecule has 0 bridgehead atoms. The maximum Gasteiger partial charge on any atom is 0.309 e. The molecule has 2 fully saturated rings. The molecule has 0 aromatic rings. The Kier molecular flexibility index (Phi) is 5.09. The molecule has 0 aliphatic heterocycles. The number of hydrogen-bond acceptors (Lipinski definition) is 4. The van der Waals surface area contributed by atoms with Crippen LogP contribution in [0.3, 0.4) is 0 Å². The zero-order chi connectivity index (χ0) is 14.0. The minimum Gasteiger partial charge on any atom is -0.466 e. The molecule has 0 amide bonds. The summed E-state index contributed by atoms with van der Waals surface area (Å²) in [5, 5.41) is 0. The Labute approximate surface area is 127 Å². The molecule has 0 N–H and O–H groups in total. The van der Waals surface area contributed by atoms with Crippen molar-refractivity contribution in [3.05, 3.63) is 0 Å². The van der Waals surface area contributed by atoms with Gasteiger partial charge in [0.1, 0.15) is 6.10 Å². The molecule has 0 aromatic carbocycles. The van der Waals surface area contributed by atoms with Gasteiger partial charge in [-0.15, -0.1) is 0 Å². The first-order valence-electron chi connectivity index (χ1n) is 7.02. The van der Waals surface area contributed by atoms with E-state index in [1.54, 1.807) is 0 Å². The van der Waals surface area contributed by atoms with Crippen LogP contribution in [-0.4, -0.2) is 28.6 Å². The topological polar surface area (TPSA) is 52.6 Å². The van der Waals surface area contributed by atoms with E-state index in [4.69, 9.17) is 9.47 Å². The van der Waals surface area contributed by atoms with Crippen LogP contribution in [0.25, 0.3) is 0 Å². The summed E-state index contributed by atoms with van der Waals surface area (Å²) in [7, 11) is 0. The van der Waals surface area contributed by atoms with Crippen LogP contribution in [0.5, 0.6) is 0 Å². The van der Waals surface area contributed by atoms with Crippen molar-refractivity contribution < 1.29 is 19.1 Å². The molecule has 0 spiro atoms. The minimum absolute atomic E-state index is 0.00231. The minimum atomic E-state index is -0.207. The Hall–Kier alpha value is -0.330. The van der Waals surface area contributed by atoms with E-state index in [0.717, 1.165) is 25.7 Å². The van der Waals surface area contributed by atoms with E-state index in [-0.39, 0.29) is 24.0 Å². The molecule has 0 radical (unpaired) electrons. The molecular weight excluding hydrogens is 359 g/mol. The van der Waals surface area contributed by atoms with Crippen molar-refractivity contribution in [2.24, 2.45) is 17.8 Å². The molecule has 108 valence electrons. The molecule has 5 heteroatoms. The van der Waals surface area contributed by atoms with Gasteiger partial charge >= 0.3 is 11.9 Å². The first-order valence-corrected chi connectivity index (χ1v) is 8.27. The van der Waals surface area contributed by atoms with Gasteiger partial charge in [-0.1, -0.05) is 22.6 Å². The first kappa shape index (κ1) is 15.1. The summed E-state index contributed by atoms with van der Waals surface area (Å²) >= 11 is 2.37. The second kappa shape index (κ2) is 6.41. The van der Waals surface area contributed by atoms with E-state index in [2.05, 4.69) is 22.6 Å². The molecule has 0 heterocycles. The van der Waals surface area contributed by atoms with Crippen molar-refractivity contribution in [2.75, 3.05) is 6.61 Å². The highest BCUT2D eigenvalue weighted by Gasteiger charge is 2.55. The monoisotopic (exact) mass is 380 g/mol. The summed E-state index contributed by atoms with van der Waals surface area (Å²) in [6.45, 7) is 3.77. The normalized spacial score (nSPS) is 37.5. The second-order valence-corrected chi connectivity index (χ2v) is 7.02. The lowest BCUT2D eigenvalue weighted by molar-refractivity contribution is -0.147. The number of carbonyl (C=O) groups is 2. The molecule has 19 heavy (non-hydrogen) atoms. The van der Waals surface area contributed by atoms with Gasteiger partial charge in [-0.3, -0.25) is 9.59 Å². The van der Waals surface area contributed by atoms with Crippen molar-refractivity contribution in [2.45, 2.75) is 49.6 Å². The van der Waals surface area contributed by atoms with E-state index in [1.807, 2.05) is 6.92 Å². The van der Waals surface area contributed by atoms with Gasteiger partial charge in [0.2, 0.25) is 0 Å². The molecular formula is C14H21IO4. The number of carbonyl (C=O) groups excluding carboxylic acids is 2. The molecule has 2 saturated carbocycles. The number of alkyl halides is 1. The highest BCUT2D eigenvalue weighted by molar-refractivity contribution is 14.1. The molecule has 0 aromatic heterocycles. The second-order valence-electron chi connectivity index (χ2n) is 5.42. The van der Waals surface area contributed by atoms with E-state index in [0.29, 0.717) is 22.4 Å². The summed E-state index contributed by atoms with van der Waals surface area (Å²) in [6.07, 6.45) is 3.88. The van der Waals surface area contributed by atoms with Crippen molar-refractivity contribution in [1.29, 1.82) is 0 Å². The van der Waals surface area contributed by atoms with E-state index >= 15 is 0 Å². The molecule has 2 rings (SSSR count). The van der Waals surface area contributed by atoms with Crippen LogP contribution < -0.4 is 0 Å². The zero-order valence-corrected chi connectivity index (χ0v) is 13.6. The molecule has 0 saturated heterocycles. The number of esters is 2. The van der Waals surface area contributed by atoms with Crippen LogP contribution in [-0.2, 0) is 19.1 Å². The highest BCUT2D eigenvalue weighted by atomic mass is 127. The maximum atomic E-state index is 11.8. The SMILES string of the molecule is CCOC(=O)[C@@H]1[C@@H]2CC[C@@H](I)[C@H](OC(C)=O)CC[C@@H]21. The third-order valence-corrected chi connectivity index (χ3v) is 5.60. The van der Waals surface area contributed by atoms with Gasteiger partial charge in [-0.2, -0.15) is 0 Å². The Balaban J connectivity index is 1.92. The van der Waals surface area contributed by atoms with Crippen molar-refractivity contribution in [1.82, 2.24) is 0 Å². The fourth-order valence-corrected chi connectivity index (χ4v) is 4.11. The summed E-state index contributed by atoms with van der Waals surface area (Å²) in [4.78, 5) is 22.9. The quantitative estimate of drug-likeness (QED) is 0.429.